The molecule has 0 aliphatic carbocycles. The minimum atomic E-state index is -0.270. The van der Waals surface area contributed by atoms with E-state index in [1.54, 1.807) is 12.1 Å². The van der Waals surface area contributed by atoms with Gasteiger partial charge in [-0.1, -0.05) is 0 Å². The molecule has 11 heteroatoms. The number of benzene rings is 2. The fourth-order valence-electron chi connectivity index (χ4n) is 5.18. The largest absolute Gasteiger partial charge is 0.489 e. The summed E-state index contributed by atoms with van der Waals surface area (Å²) < 4.78 is 12.2. The van der Waals surface area contributed by atoms with E-state index in [4.69, 9.17) is 14.5 Å². The van der Waals surface area contributed by atoms with Gasteiger partial charge in [0, 0.05) is 62.4 Å². The number of fused-ring (bicyclic) bond motifs is 1. The third kappa shape index (κ3) is 7.70. The highest BCUT2D eigenvalue weighted by Crippen LogP contribution is 2.31. The van der Waals surface area contributed by atoms with Crippen molar-refractivity contribution in [3.8, 4) is 34.5 Å². The third-order valence-electron chi connectivity index (χ3n) is 7.63. The van der Waals surface area contributed by atoms with Gasteiger partial charge < -0.3 is 29.6 Å². The number of nitriles is 1. The first-order valence-electron chi connectivity index (χ1n) is 15.0. The average Bonchev–Trinajstić information content (AvgIpc) is 3.46. The molecular weight excluding hydrogens is 556 g/mol. The van der Waals surface area contributed by atoms with Crippen molar-refractivity contribution in [2.45, 2.75) is 45.3 Å². The van der Waals surface area contributed by atoms with Gasteiger partial charge in [-0.3, -0.25) is 4.79 Å². The van der Waals surface area contributed by atoms with Crippen LogP contribution in [0.2, 0.25) is 0 Å². The molecule has 1 unspecified atom stereocenters. The van der Waals surface area contributed by atoms with Crippen molar-refractivity contribution in [2.75, 3.05) is 51.3 Å². The molecule has 1 fully saturated rings. The number of aromatic nitrogens is 4. The fraction of sp³-hybridized carbons (Fsp3) is 0.424. The van der Waals surface area contributed by atoms with E-state index in [1.807, 2.05) is 26.8 Å². The average molecular weight is 597 g/mol. The number of carbonyl (C=O) groups excluding carboxylic acids is 1. The van der Waals surface area contributed by atoms with Crippen molar-refractivity contribution < 1.29 is 14.3 Å². The molecule has 1 aliphatic heterocycles. The molecule has 44 heavy (non-hydrogen) atoms. The number of aromatic amines is 1. The Kier molecular flexibility index (Phi) is 9.72. The van der Waals surface area contributed by atoms with Crippen molar-refractivity contribution in [3.05, 3.63) is 54.4 Å². The summed E-state index contributed by atoms with van der Waals surface area (Å²) in [5, 5.41) is 12.7. The highest BCUT2D eigenvalue weighted by Gasteiger charge is 2.19. The van der Waals surface area contributed by atoms with Crippen molar-refractivity contribution in [1.82, 2.24) is 30.2 Å². The number of carbonyl (C=O) groups is 1. The molecule has 0 radical (unpaired) electrons. The van der Waals surface area contributed by atoms with Crippen molar-refractivity contribution in [3.63, 3.8) is 0 Å². The van der Waals surface area contributed by atoms with Crippen LogP contribution in [-0.2, 0) is 9.53 Å². The number of likely N-dealkylation sites (N-methyl/N-ethyl adjacent to an activating group) is 1. The second-order valence-corrected chi connectivity index (χ2v) is 12.0. The van der Waals surface area contributed by atoms with E-state index < -0.39 is 0 Å². The zero-order chi connectivity index (χ0) is 31.1. The molecule has 0 spiro atoms. The summed E-state index contributed by atoms with van der Waals surface area (Å²) in [5.74, 6) is 1.17. The number of nitrogens with one attached hydrogen (secondary N) is 2. The Morgan fingerprint density at radius 3 is 2.52 bits per heavy atom. The number of ether oxygens (including phenoxy) is 2. The van der Waals surface area contributed by atoms with Crippen LogP contribution in [0.4, 0.5) is 5.69 Å². The van der Waals surface area contributed by atoms with Crippen LogP contribution in [0, 0.1) is 11.3 Å². The lowest BCUT2D eigenvalue weighted by Crippen LogP contribution is -2.44. The molecule has 11 nitrogen and oxygen atoms in total. The summed E-state index contributed by atoms with van der Waals surface area (Å²) in [6.07, 6.45) is 3.12. The zero-order valence-electron chi connectivity index (χ0n) is 25.8. The maximum atomic E-state index is 10.8. The summed E-state index contributed by atoms with van der Waals surface area (Å²) in [6, 6.07) is 16.1. The molecule has 1 amide bonds. The van der Waals surface area contributed by atoms with Crippen LogP contribution in [0.3, 0.4) is 0 Å². The van der Waals surface area contributed by atoms with Crippen LogP contribution >= 0.6 is 0 Å². The lowest BCUT2D eigenvalue weighted by atomic mass is 10.1. The number of nitrogens with zero attached hydrogens (tertiary/aromatic N) is 6. The van der Waals surface area contributed by atoms with Crippen molar-refractivity contribution in [2.24, 2.45) is 0 Å². The normalized spacial score (nSPS) is 14.8. The van der Waals surface area contributed by atoms with Crippen LogP contribution in [0.15, 0.2) is 48.8 Å². The Morgan fingerprint density at radius 1 is 1.07 bits per heavy atom. The molecule has 3 heterocycles. The topological polar surface area (TPSA) is 132 Å². The quantitative estimate of drug-likeness (QED) is 0.180. The molecule has 1 saturated heterocycles. The molecule has 1 atom stereocenters. The SMILES string of the molecule is CN1CCN(c2ccc(-c3nc4c(-c5ccc(OC(CCNC=O)CCOC(C)(C)C)c(C#N)c5)ncnc4[nH]3)cc2)CC1. The zero-order valence-corrected chi connectivity index (χ0v) is 25.8. The number of hydrogen-bond acceptors (Lipinski definition) is 9. The minimum Gasteiger partial charge on any atom is -0.489 e. The lowest BCUT2D eigenvalue weighted by Gasteiger charge is -2.34. The molecule has 0 saturated carbocycles. The van der Waals surface area contributed by atoms with E-state index in [0.29, 0.717) is 66.4 Å². The first-order valence-corrected chi connectivity index (χ1v) is 15.0. The highest BCUT2D eigenvalue weighted by atomic mass is 16.5. The predicted octanol–water partition coefficient (Wildman–Crippen LogP) is 4.40. The summed E-state index contributed by atoms with van der Waals surface area (Å²) in [7, 11) is 2.15. The Bertz CT molecular complexity index is 1600. The van der Waals surface area contributed by atoms with E-state index in [-0.39, 0.29) is 11.7 Å². The monoisotopic (exact) mass is 596 g/mol. The molecule has 2 N–H and O–H groups in total. The highest BCUT2D eigenvalue weighted by molar-refractivity contribution is 5.89. The van der Waals surface area contributed by atoms with Gasteiger partial charge in [0.25, 0.3) is 0 Å². The number of amides is 1. The summed E-state index contributed by atoms with van der Waals surface area (Å²) in [6.45, 7) is 11.1. The van der Waals surface area contributed by atoms with Crippen LogP contribution in [-0.4, -0.2) is 89.3 Å². The second kappa shape index (κ2) is 13.8. The number of rotatable bonds is 12. The molecule has 4 aromatic rings. The molecular formula is C33H40N8O3. The molecule has 2 aromatic heterocycles. The number of H-pyrrole nitrogens is 1. The predicted molar refractivity (Wildman–Crippen MR) is 170 cm³/mol. The van der Waals surface area contributed by atoms with Crippen LogP contribution < -0.4 is 15.0 Å². The van der Waals surface area contributed by atoms with E-state index >= 15 is 0 Å². The first kappa shape index (κ1) is 30.9. The maximum absolute atomic E-state index is 10.8. The van der Waals surface area contributed by atoms with E-state index in [1.165, 1.54) is 12.0 Å². The minimum absolute atomic E-state index is 0.245. The van der Waals surface area contributed by atoms with Gasteiger partial charge in [-0.15, -0.1) is 0 Å². The van der Waals surface area contributed by atoms with Gasteiger partial charge in [0.2, 0.25) is 6.41 Å². The maximum Gasteiger partial charge on any atom is 0.207 e. The fourth-order valence-corrected chi connectivity index (χ4v) is 5.18. The van der Waals surface area contributed by atoms with E-state index in [9.17, 15) is 10.1 Å². The number of anilines is 1. The van der Waals surface area contributed by atoms with Crippen LogP contribution in [0.25, 0.3) is 33.8 Å². The summed E-state index contributed by atoms with van der Waals surface area (Å²) in [4.78, 5) is 32.7. The van der Waals surface area contributed by atoms with E-state index in [0.717, 1.165) is 37.3 Å². The first-order chi connectivity index (χ1) is 21.2. The molecule has 2 aromatic carbocycles. The molecule has 230 valence electrons. The third-order valence-corrected chi connectivity index (χ3v) is 7.63. The van der Waals surface area contributed by atoms with Crippen LogP contribution in [0.5, 0.6) is 5.75 Å². The molecule has 1 aliphatic rings. The Morgan fingerprint density at radius 2 is 1.82 bits per heavy atom. The number of imidazole rings is 1. The Hall–Kier alpha value is -4.53. The second-order valence-electron chi connectivity index (χ2n) is 12.0. The van der Waals surface area contributed by atoms with Gasteiger partial charge in [-0.2, -0.15) is 5.26 Å². The summed E-state index contributed by atoms with van der Waals surface area (Å²) in [5.41, 5.74) is 4.88. The van der Waals surface area contributed by atoms with Crippen LogP contribution in [0.1, 0.15) is 39.2 Å². The summed E-state index contributed by atoms with van der Waals surface area (Å²) >= 11 is 0. The van der Waals surface area contributed by atoms with Crippen molar-refractivity contribution in [1.29, 1.82) is 5.26 Å². The Balaban J connectivity index is 1.36. The van der Waals surface area contributed by atoms with Crippen molar-refractivity contribution >= 4 is 23.3 Å². The van der Waals surface area contributed by atoms with Gasteiger partial charge in [0.15, 0.2) is 5.65 Å². The van der Waals surface area contributed by atoms with E-state index in [2.05, 4.69) is 67.5 Å². The number of piperazine rings is 1. The number of hydrogen-bond donors (Lipinski definition) is 2. The standard InChI is InChI=1S/C33H40N8O3/c1-33(2,3)43-18-12-27(11-13-35-22-42)44-28-10-7-24(19-25(28)20-34)29-30-32(37-21-36-29)39-31(38-30)23-5-8-26(9-6-23)41-16-14-40(4)15-17-41/h5-10,19,21-22,27H,11-18H2,1-4H3,(H,35,42)(H,36,37,38,39). The van der Waals surface area contributed by atoms with Gasteiger partial charge in [-0.05, 0) is 70.3 Å². The lowest BCUT2D eigenvalue weighted by molar-refractivity contribution is -0.109. The van der Waals surface area contributed by atoms with Gasteiger partial charge in [0.1, 0.15) is 41.3 Å². The molecule has 5 rings (SSSR count). The van der Waals surface area contributed by atoms with Gasteiger partial charge in [-0.25, -0.2) is 15.0 Å². The van der Waals surface area contributed by atoms with Gasteiger partial charge >= 0.3 is 0 Å². The Labute approximate surface area is 258 Å². The molecule has 0 bridgehead atoms. The smallest absolute Gasteiger partial charge is 0.207 e. The van der Waals surface area contributed by atoms with Gasteiger partial charge in [0.05, 0.1) is 17.8 Å².